The van der Waals surface area contributed by atoms with E-state index in [1.54, 1.807) is 6.07 Å². The van der Waals surface area contributed by atoms with Crippen LogP contribution in [-0.2, 0) is 0 Å². The molecule has 0 aliphatic heterocycles. The van der Waals surface area contributed by atoms with E-state index in [0.717, 1.165) is 5.69 Å². The fourth-order valence-corrected chi connectivity index (χ4v) is 2.58. The summed E-state index contributed by atoms with van der Waals surface area (Å²) < 4.78 is 13.3. The summed E-state index contributed by atoms with van der Waals surface area (Å²) >= 11 is 6.19. The van der Waals surface area contributed by atoms with Gasteiger partial charge in [-0.05, 0) is 37.3 Å². The Bertz CT molecular complexity index is 793. The van der Waals surface area contributed by atoms with Gasteiger partial charge >= 0.3 is 0 Å². The van der Waals surface area contributed by atoms with Crippen LogP contribution in [0.1, 0.15) is 11.1 Å². The Hall–Kier alpha value is -1.89. The summed E-state index contributed by atoms with van der Waals surface area (Å²) in [5, 5.41) is 0.320. The first kappa shape index (κ1) is 17.5. The van der Waals surface area contributed by atoms with Gasteiger partial charge in [-0.1, -0.05) is 54.9 Å². The predicted molar refractivity (Wildman–Crippen MR) is 99.9 cm³/mol. The van der Waals surface area contributed by atoms with Gasteiger partial charge in [-0.2, -0.15) is 0 Å². The van der Waals surface area contributed by atoms with Crippen molar-refractivity contribution in [2.45, 2.75) is 26.6 Å². The van der Waals surface area contributed by atoms with E-state index in [-0.39, 0.29) is 5.82 Å². The van der Waals surface area contributed by atoms with Crippen LogP contribution in [0.2, 0.25) is 24.7 Å². The van der Waals surface area contributed by atoms with Crippen molar-refractivity contribution in [1.82, 2.24) is 0 Å². The van der Waals surface area contributed by atoms with Crippen LogP contribution in [0.25, 0.3) is 0 Å². The number of hydrogen-bond donors (Lipinski definition) is 0. The van der Waals surface area contributed by atoms with Crippen LogP contribution in [0.5, 0.6) is 0 Å². The van der Waals surface area contributed by atoms with Crippen molar-refractivity contribution in [3.05, 3.63) is 64.4 Å². The number of aryl methyl sites for hydroxylation is 1. The molecule has 0 bridgehead atoms. The van der Waals surface area contributed by atoms with E-state index in [4.69, 9.17) is 11.6 Å². The molecular formula is C19H19ClFNSi. The lowest BCUT2D eigenvalue weighted by atomic mass is 10.1. The van der Waals surface area contributed by atoms with Crippen LogP contribution < -0.4 is 0 Å². The molecule has 23 heavy (non-hydrogen) atoms. The zero-order chi connectivity index (χ0) is 17.0. The van der Waals surface area contributed by atoms with Crippen molar-refractivity contribution in [2.75, 3.05) is 0 Å². The number of nitrogens with zero attached hydrogens (tertiary/aromatic N) is 1. The van der Waals surface area contributed by atoms with Gasteiger partial charge in [0.2, 0.25) is 0 Å². The number of benzene rings is 2. The van der Waals surface area contributed by atoms with Crippen LogP contribution in [0.15, 0.2) is 47.5 Å². The number of halogens is 2. The molecule has 0 unspecified atom stereocenters. The van der Waals surface area contributed by atoms with Gasteiger partial charge in [0, 0.05) is 5.56 Å². The van der Waals surface area contributed by atoms with Gasteiger partial charge in [-0.25, -0.2) is 9.38 Å². The van der Waals surface area contributed by atoms with Gasteiger partial charge in [0.15, 0.2) is 0 Å². The molecule has 0 aromatic heterocycles. The van der Waals surface area contributed by atoms with Gasteiger partial charge in [-0.15, -0.1) is 5.54 Å². The highest BCUT2D eigenvalue weighted by Gasteiger charge is 2.11. The molecule has 4 heteroatoms. The molecule has 0 aliphatic carbocycles. The average molecular weight is 344 g/mol. The third-order valence-electron chi connectivity index (χ3n) is 3.02. The van der Waals surface area contributed by atoms with Crippen molar-refractivity contribution in [3.63, 3.8) is 0 Å². The molecule has 0 fully saturated rings. The Morgan fingerprint density at radius 3 is 2.30 bits per heavy atom. The molecule has 0 saturated heterocycles. The Kier molecular flexibility index (Phi) is 5.41. The molecule has 0 N–H and O–H groups in total. The molecule has 0 saturated carbocycles. The first-order valence-electron chi connectivity index (χ1n) is 7.38. The highest BCUT2D eigenvalue weighted by atomic mass is 35.5. The van der Waals surface area contributed by atoms with Crippen molar-refractivity contribution >= 4 is 31.1 Å². The molecule has 2 rings (SSSR count). The maximum atomic E-state index is 13.3. The normalized spacial score (nSPS) is 11.8. The third kappa shape index (κ3) is 5.35. The van der Waals surface area contributed by atoms with Crippen LogP contribution in [0, 0.1) is 24.2 Å². The van der Waals surface area contributed by atoms with Gasteiger partial charge in [0.05, 0.1) is 10.7 Å². The second-order valence-electron chi connectivity index (χ2n) is 6.42. The summed E-state index contributed by atoms with van der Waals surface area (Å²) in [7, 11) is -1.57. The molecule has 0 heterocycles. The zero-order valence-corrected chi connectivity index (χ0v) is 15.5. The SMILES string of the molecule is Cc1ccc(N=C(C#C[Si](C)(C)C)c2ccc(F)cc2Cl)cc1. The standard InChI is InChI=1S/C19H19ClFNSi/c1-14-5-8-16(9-6-14)22-19(11-12-23(2,3)4)17-10-7-15(21)13-18(17)20/h5-10,13H,1-4H3. The Morgan fingerprint density at radius 2 is 1.74 bits per heavy atom. The second-order valence-corrected chi connectivity index (χ2v) is 11.6. The van der Waals surface area contributed by atoms with Crippen molar-refractivity contribution in [1.29, 1.82) is 0 Å². The van der Waals surface area contributed by atoms with Crippen LogP contribution in [0.4, 0.5) is 10.1 Å². The molecular weight excluding hydrogens is 325 g/mol. The number of aliphatic imine (C=N–C) groups is 1. The van der Waals surface area contributed by atoms with Crippen LogP contribution >= 0.6 is 11.6 Å². The monoisotopic (exact) mass is 343 g/mol. The van der Waals surface area contributed by atoms with Gasteiger partial charge in [-0.3, -0.25) is 0 Å². The van der Waals surface area contributed by atoms with E-state index in [0.29, 0.717) is 16.3 Å². The second kappa shape index (κ2) is 7.12. The number of rotatable bonds is 2. The molecule has 1 nitrogen and oxygen atoms in total. The summed E-state index contributed by atoms with van der Waals surface area (Å²) in [4.78, 5) is 4.62. The summed E-state index contributed by atoms with van der Waals surface area (Å²) in [5.41, 5.74) is 6.49. The van der Waals surface area contributed by atoms with Crippen molar-refractivity contribution in [2.24, 2.45) is 4.99 Å². The highest BCUT2D eigenvalue weighted by molar-refractivity contribution is 6.84. The summed E-state index contributed by atoms with van der Waals surface area (Å²) in [6.07, 6.45) is 0. The van der Waals surface area contributed by atoms with E-state index in [9.17, 15) is 4.39 Å². The lowest BCUT2D eigenvalue weighted by molar-refractivity contribution is 0.628. The minimum absolute atomic E-state index is 0.320. The quantitative estimate of drug-likeness (QED) is 0.372. The van der Waals surface area contributed by atoms with E-state index < -0.39 is 8.07 Å². The van der Waals surface area contributed by atoms with E-state index in [2.05, 4.69) is 36.1 Å². The third-order valence-corrected chi connectivity index (χ3v) is 4.20. The fraction of sp³-hybridized carbons (Fsp3) is 0.211. The smallest absolute Gasteiger partial charge is 0.129 e. The molecule has 2 aromatic rings. The maximum Gasteiger partial charge on any atom is 0.129 e. The van der Waals surface area contributed by atoms with E-state index in [1.165, 1.54) is 17.7 Å². The largest absolute Gasteiger partial charge is 0.239 e. The minimum Gasteiger partial charge on any atom is -0.239 e. The molecule has 2 aromatic carbocycles. The lowest BCUT2D eigenvalue weighted by Crippen LogP contribution is -2.17. The molecule has 0 atom stereocenters. The summed E-state index contributed by atoms with van der Waals surface area (Å²) in [6.45, 7) is 8.51. The number of hydrogen-bond acceptors (Lipinski definition) is 1. The van der Waals surface area contributed by atoms with Gasteiger partial charge in [0.25, 0.3) is 0 Å². The van der Waals surface area contributed by atoms with Crippen LogP contribution in [0.3, 0.4) is 0 Å². The topological polar surface area (TPSA) is 12.4 Å². The van der Waals surface area contributed by atoms with Gasteiger partial charge in [0.1, 0.15) is 19.6 Å². The highest BCUT2D eigenvalue weighted by Crippen LogP contribution is 2.21. The molecule has 0 spiro atoms. The fourth-order valence-electron chi connectivity index (χ4n) is 1.83. The average Bonchev–Trinajstić information content (AvgIpc) is 2.45. The Morgan fingerprint density at radius 1 is 1.09 bits per heavy atom. The summed E-state index contributed by atoms with van der Waals surface area (Å²) in [5.74, 6) is 2.79. The summed E-state index contributed by atoms with van der Waals surface area (Å²) in [6, 6.07) is 12.2. The maximum absolute atomic E-state index is 13.3. The molecule has 0 radical (unpaired) electrons. The van der Waals surface area contributed by atoms with Crippen molar-refractivity contribution < 1.29 is 4.39 Å². The van der Waals surface area contributed by atoms with E-state index in [1.807, 2.05) is 31.2 Å². The predicted octanol–water partition coefficient (Wildman–Crippen LogP) is 5.79. The zero-order valence-electron chi connectivity index (χ0n) is 13.7. The van der Waals surface area contributed by atoms with Crippen molar-refractivity contribution in [3.8, 4) is 11.5 Å². The van der Waals surface area contributed by atoms with Gasteiger partial charge < -0.3 is 0 Å². The Labute approximate surface area is 143 Å². The lowest BCUT2D eigenvalue weighted by Gasteiger charge is -2.07. The molecule has 0 amide bonds. The van der Waals surface area contributed by atoms with Crippen LogP contribution in [-0.4, -0.2) is 13.8 Å². The minimum atomic E-state index is -1.57. The molecule has 0 aliphatic rings. The van der Waals surface area contributed by atoms with E-state index >= 15 is 0 Å². The Balaban J connectivity index is 2.55. The molecule has 118 valence electrons. The first-order valence-corrected chi connectivity index (χ1v) is 11.3. The first-order chi connectivity index (χ1) is 10.7.